The average Bonchev–Trinajstić information content (AvgIpc) is 2.36. The Morgan fingerprint density at radius 3 is 1.25 bits per heavy atom. The molecule has 2 heteroatoms. The first kappa shape index (κ1) is 10.3. The molecule has 0 N–H and O–H groups in total. The standard InChI is InChI=1S/C10H22Si2/c1-9-8-10(9,11(2,3)4)12(5,6)7/h1,8H2,2-7H3. The van der Waals surface area contributed by atoms with Crippen molar-refractivity contribution in [3.63, 3.8) is 0 Å². The molecule has 0 heterocycles. The maximum Gasteiger partial charge on any atom is 0.0527 e. The third kappa shape index (κ3) is 1.16. The van der Waals surface area contributed by atoms with Crippen molar-refractivity contribution in [3.05, 3.63) is 12.2 Å². The summed E-state index contributed by atoms with van der Waals surface area (Å²) >= 11 is 0. The zero-order valence-electron chi connectivity index (χ0n) is 9.41. The Kier molecular flexibility index (Phi) is 2.01. The van der Waals surface area contributed by atoms with Gasteiger partial charge in [0.2, 0.25) is 0 Å². The van der Waals surface area contributed by atoms with E-state index in [1.165, 1.54) is 6.42 Å². The van der Waals surface area contributed by atoms with Crippen LogP contribution in [0, 0.1) is 0 Å². The first-order chi connectivity index (χ1) is 5.13. The molecule has 0 nitrogen and oxygen atoms in total. The van der Waals surface area contributed by atoms with E-state index in [0.717, 1.165) is 0 Å². The van der Waals surface area contributed by atoms with Crippen molar-refractivity contribution < 1.29 is 0 Å². The number of allylic oxidation sites excluding steroid dienone is 1. The molecular weight excluding hydrogens is 176 g/mol. The highest BCUT2D eigenvalue weighted by atomic mass is 28.4. The van der Waals surface area contributed by atoms with E-state index >= 15 is 0 Å². The number of hydrogen-bond acceptors (Lipinski definition) is 0. The van der Waals surface area contributed by atoms with Crippen molar-refractivity contribution in [2.75, 3.05) is 0 Å². The Bertz CT molecular complexity index is 201. The summed E-state index contributed by atoms with van der Waals surface area (Å²) in [5.74, 6) is 0. The maximum atomic E-state index is 4.22. The Morgan fingerprint density at radius 1 is 1.00 bits per heavy atom. The summed E-state index contributed by atoms with van der Waals surface area (Å²) in [7, 11) is -2.02. The fourth-order valence-electron chi connectivity index (χ4n) is 2.99. The third-order valence-corrected chi connectivity index (χ3v) is 14.2. The smallest absolute Gasteiger partial charge is 0.0527 e. The van der Waals surface area contributed by atoms with Crippen LogP contribution in [0.25, 0.3) is 0 Å². The molecule has 0 aromatic rings. The predicted molar refractivity (Wildman–Crippen MR) is 63.1 cm³/mol. The first-order valence-electron chi connectivity index (χ1n) is 4.81. The summed E-state index contributed by atoms with van der Waals surface area (Å²) < 4.78 is 0.667. The molecule has 1 fully saturated rings. The molecule has 0 unspecified atom stereocenters. The lowest BCUT2D eigenvalue weighted by Gasteiger charge is -2.38. The van der Waals surface area contributed by atoms with Crippen LogP contribution in [-0.4, -0.2) is 16.1 Å². The predicted octanol–water partition coefficient (Wildman–Crippen LogP) is 3.90. The zero-order valence-corrected chi connectivity index (χ0v) is 11.4. The molecule has 0 atom stereocenters. The second-order valence-corrected chi connectivity index (χ2v) is 17.4. The Morgan fingerprint density at radius 2 is 1.25 bits per heavy atom. The summed E-state index contributed by atoms with van der Waals surface area (Å²) in [6, 6.07) is 0. The SMILES string of the molecule is C=C1CC1([Si](C)(C)C)[Si](C)(C)C. The molecule has 0 saturated heterocycles. The largest absolute Gasteiger partial charge is 0.0999 e. The summed E-state index contributed by atoms with van der Waals surface area (Å²) in [6.45, 7) is 19.2. The van der Waals surface area contributed by atoms with E-state index in [1.807, 2.05) is 0 Å². The van der Waals surface area contributed by atoms with E-state index in [2.05, 4.69) is 45.9 Å². The fraction of sp³-hybridized carbons (Fsp3) is 0.800. The molecule has 12 heavy (non-hydrogen) atoms. The molecule has 0 aromatic heterocycles. The van der Waals surface area contributed by atoms with Gasteiger partial charge in [0.15, 0.2) is 0 Å². The molecule has 70 valence electrons. The van der Waals surface area contributed by atoms with Gasteiger partial charge in [-0.1, -0.05) is 51.4 Å². The molecule has 0 aromatic carbocycles. The van der Waals surface area contributed by atoms with Crippen molar-refractivity contribution >= 4 is 16.1 Å². The lowest BCUT2D eigenvalue weighted by molar-refractivity contribution is 1.15. The molecule has 0 aliphatic heterocycles. The molecule has 1 rings (SSSR count). The van der Waals surface area contributed by atoms with Crippen LogP contribution < -0.4 is 0 Å². The lowest BCUT2D eigenvalue weighted by Crippen LogP contribution is -2.45. The first-order valence-corrected chi connectivity index (χ1v) is 11.8. The third-order valence-electron chi connectivity index (χ3n) is 3.52. The van der Waals surface area contributed by atoms with Gasteiger partial charge < -0.3 is 0 Å². The van der Waals surface area contributed by atoms with Gasteiger partial charge in [0.25, 0.3) is 0 Å². The highest BCUT2D eigenvalue weighted by Crippen LogP contribution is 2.69. The second-order valence-electron chi connectivity index (χ2n) is 6.19. The highest BCUT2D eigenvalue weighted by Gasteiger charge is 2.63. The highest BCUT2D eigenvalue weighted by molar-refractivity contribution is 7.01. The molecule has 0 spiro atoms. The van der Waals surface area contributed by atoms with E-state index in [0.29, 0.717) is 4.66 Å². The van der Waals surface area contributed by atoms with Crippen molar-refractivity contribution in [3.8, 4) is 0 Å². The van der Waals surface area contributed by atoms with Gasteiger partial charge in [0.1, 0.15) is 0 Å². The van der Waals surface area contributed by atoms with Gasteiger partial charge in [0, 0.05) is 0 Å². The Hall–Kier alpha value is 0.174. The van der Waals surface area contributed by atoms with Gasteiger partial charge in [-0.2, -0.15) is 0 Å². The van der Waals surface area contributed by atoms with Crippen LogP contribution >= 0.6 is 0 Å². The van der Waals surface area contributed by atoms with Crippen molar-refractivity contribution in [1.82, 2.24) is 0 Å². The van der Waals surface area contributed by atoms with Gasteiger partial charge >= 0.3 is 0 Å². The molecule has 1 aliphatic rings. The van der Waals surface area contributed by atoms with Crippen LogP contribution in [-0.2, 0) is 0 Å². The van der Waals surface area contributed by atoms with Crippen LogP contribution in [0.2, 0.25) is 43.9 Å². The molecule has 1 saturated carbocycles. The van der Waals surface area contributed by atoms with Crippen molar-refractivity contribution in [1.29, 1.82) is 0 Å². The van der Waals surface area contributed by atoms with Crippen LogP contribution in [0.4, 0.5) is 0 Å². The number of rotatable bonds is 2. The zero-order chi connectivity index (χ0) is 9.78. The number of hydrogen-bond donors (Lipinski definition) is 0. The Labute approximate surface area is 79.1 Å². The molecule has 1 aliphatic carbocycles. The van der Waals surface area contributed by atoms with Crippen molar-refractivity contribution in [2.24, 2.45) is 0 Å². The molecule has 0 bridgehead atoms. The van der Waals surface area contributed by atoms with Gasteiger partial charge in [0.05, 0.1) is 16.1 Å². The van der Waals surface area contributed by atoms with E-state index in [9.17, 15) is 0 Å². The van der Waals surface area contributed by atoms with Gasteiger partial charge in [-0.25, -0.2) is 0 Å². The normalized spacial score (nSPS) is 22.7. The monoisotopic (exact) mass is 198 g/mol. The fourth-order valence-corrected chi connectivity index (χ4v) is 15.6. The lowest BCUT2D eigenvalue weighted by atomic mass is 10.7. The quantitative estimate of drug-likeness (QED) is 0.466. The van der Waals surface area contributed by atoms with Crippen LogP contribution in [0.3, 0.4) is 0 Å². The summed E-state index contributed by atoms with van der Waals surface area (Å²) in [4.78, 5) is 0. The van der Waals surface area contributed by atoms with E-state index < -0.39 is 16.1 Å². The minimum absolute atomic E-state index is 0.667. The topological polar surface area (TPSA) is 0 Å². The average molecular weight is 198 g/mol. The van der Waals surface area contributed by atoms with Gasteiger partial charge in [-0.05, 0) is 11.1 Å². The van der Waals surface area contributed by atoms with Crippen LogP contribution in [0.5, 0.6) is 0 Å². The van der Waals surface area contributed by atoms with E-state index in [-0.39, 0.29) is 0 Å². The molecular formula is C10H22Si2. The minimum atomic E-state index is -1.01. The molecule has 0 amide bonds. The van der Waals surface area contributed by atoms with Crippen LogP contribution in [0.1, 0.15) is 6.42 Å². The van der Waals surface area contributed by atoms with E-state index in [4.69, 9.17) is 0 Å². The molecule has 0 radical (unpaired) electrons. The summed E-state index contributed by atoms with van der Waals surface area (Å²) in [5, 5.41) is 0. The van der Waals surface area contributed by atoms with E-state index in [1.54, 1.807) is 5.57 Å². The van der Waals surface area contributed by atoms with Crippen molar-refractivity contribution in [2.45, 2.75) is 50.4 Å². The Balaban J connectivity index is 3.04. The summed E-state index contributed by atoms with van der Waals surface area (Å²) in [5.41, 5.74) is 1.57. The minimum Gasteiger partial charge on any atom is -0.0999 e. The second kappa shape index (κ2) is 2.35. The maximum absolute atomic E-state index is 4.22. The summed E-state index contributed by atoms with van der Waals surface area (Å²) in [6.07, 6.45) is 1.35. The van der Waals surface area contributed by atoms with Gasteiger partial charge in [-0.3, -0.25) is 0 Å². The van der Waals surface area contributed by atoms with Crippen LogP contribution in [0.15, 0.2) is 12.2 Å². The van der Waals surface area contributed by atoms with Gasteiger partial charge in [-0.15, -0.1) is 0 Å².